The van der Waals surface area contributed by atoms with Crippen molar-refractivity contribution in [3.05, 3.63) is 59.4 Å². The van der Waals surface area contributed by atoms with Gasteiger partial charge in [-0.25, -0.2) is 4.39 Å². The number of hydrogen-bond acceptors (Lipinski definition) is 4. The lowest BCUT2D eigenvalue weighted by atomic mass is 10.1. The first-order valence-electron chi connectivity index (χ1n) is 9.22. The molecule has 7 heteroatoms. The van der Waals surface area contributed by atoms with Crippen molar-refractivity contribution in [1.29, 1.82) is 0 Å². The predicted octanol–water partition coefficient (Wildman–Crippen LogP) is 4.77. The fourth-order valence-corrected chi connectivity index (χ4v) is 4.04. The summed E-state index contributed by atoms with van der Waals surface area (Å²) < 4.78 is 16.2. The Labute approximate surface area is 167 Å². The van der Waals surface area contributed by atoms with Crippen molar-refractivity contribution in [1.82, 2.24) is 14.8 Å². The Hall–Kier alpha value is -2.67. The second kappa shape index (κ2) is 7.75. The molecule has 0 unspecified atom stereocenters. The fraction of sp³-hybridized carbons (Fsp3) is 0.286. The summed E-state index contributed by atoms with van der Waals surface area (Å²) in [6, 6.07) is 12.8. The second-order valence-corrected chi connectivity index (χ2v) is 8.04. The van der Waals surface area contributed by atoms with Crippen molar-refractivity contribution >= 4 is 23.4 Å². The van der Waals surface area contributed by atoms with E-state index in [2.05, 4.69) is 21.6 Å². The van der Waals surface area contributed by atoms with Crippen LogP contribution in [0.25, 0.3) is 11.4 Å². The van der Waals surface area contributed by atoms with Gasteiger partial charge in [0.2, 0.25) is 5.91 Å². The third-order valence-electron chi connectivity index (χ3n) is 4.53. The smallest absolute Gasteiger partial charge is 0.234 e. The first-order chi connectivity index (χ1) is 13.5. The van der Waals surface area contributed by atoms with Crippen molar-refractivity contribution in [3.63, 3.8) is 0 Å². The van der Waals surface area contributed by atoms with E-state index in [1.165, 1.54) is 17.8 Å². The Balaban J connectivity index is 1.49. The summed E-state index contributed by atoms with van der Waals surface area (Å²) in [6.45, 7) is 4.00. The molecule has 0 bridgehead atoms. The van der Waals surface area contributed by atoms with Gasteiger partial charge in [-0.2, -0.15) is 0 Å². The largest absolute Gasteiger partial charge is 0.325 e. The number of aryl methyl sites for hydroxylation is 2. The van der Waals surface area contributed by atoms with Crippen LogP contribution < -0.4 is 5.32 Å². The number of hydrogen-bond donors (Lipinski definition) is 1. The fourth-order valence-electron chi connectivity index (χ4n) is 3.24. The molecular formula is C21H21FN4OS. The van der Waals surface area contributed by atoms with E-state index in [-0.39, 0.29) is 23.5 Å². The molecule has 1 amide bonds. The highest BCUT2D eigenvalue weighted by atomic mass is 32.2. The maximum Gasteiger partial charge on any atom is 0.234 e. The van der Waals surface area contributed by atoms with Gasteiger partial charge in [-0.3, -0.25) is 9.36 Å². The molecule has 1 saturated carbocycles. The Morgan fingerprint density at radius 2 is 1.89 bits per heavy atom. The molecule has 4 rings (SSSR count). The molecule has 0 spiro atoms. The van der Waals surface area contributed by atoms with Crippen molar-refractivity contribution in [3.8, 4) is 11.4 Å². The molecule has 5 nitrogen and oxygen atoms in total. The average molecular weight is 396 g/mol. The van der Waals surface area contributed by atoms with Crippen molar-refractivity contribution < 1.29 is 9.18 Å². The molecule has 144 valence electrons. The third kappa shape index (κ3) is 4.09. The SMILES string of the molecule is Cc1cc(C)cc(NC(=O)CSc2nnc(-c3ccccc3F)n2C2CC2)c1. The third-order valence-corrected chi connectivity index (χ3v) is 5.47. The highest BCUT2D eigenvalue weighted by Crippen LogP contribution is 2.41. The molecular weight excluding hydrogens is 375 g/mol. The number of carbonyl (C=O) groups excluding carboxylic acids is 1. The van der Waals surface area contributed by atoms with Crippen LogP contribution in [0.15, 0.2) is 47.6 Å². The topological polar surface area (TPSA) is 59.8 Å². The molecule has 28 heavy (non-hydrogen) atoms. The van der Waals surface area contributed by atoms with E-state index < -0.39 is 0 Å². The predicted molar refractivity (Wildman–Crippen MR) is 109 cm³/mol. The van der Waals surface area contributed by atoms with Gasteiger partial charge < -0.3 is 5.32 Å². The van der Waals surface area contributed by atoms with Gasteiger partial charge in [0.1, 0.15) is 5.82 Å². The van der Waals surface area contributed by atoms with E-state index in [1.807, 2.05) is 30.5 Å². The van der Waals surface area contributed by atoms with Crippen LogP contribution in [-0.4, -0.2) is 26.4 Å². The van der Waals surface area contributed by atoms with Crippen molar-refractivity contribution in [2.45, 2.75) is 37.9 Å². The first kappa shape index (κ1) is 18.7. The summed E-state index contributed by atoms with van der Waals surface area (Å²) in [6.07, 6.45) is 2.03. The second-order valence-electron chi connectivity index (χ2n) is 7.10. The van der Waals surface area contributed by atoms with Gasteiger partial charge in [-0.05, 0) is 62.1 Å². The van der Waals surface area contributed by atoms with E-state index in [0.29, 0.717) is 16.5 Å². The maximum atomic E-state index is 14.2. The molecule has 0 aliphatic heterocycles. The van der Waals surface area contributed by atoms with Gasteiger partial charge in [0, 0.05) is 11.7 Å². The molecule has 1 aliphatic carbocycles. The number of rotatable bonds is 6. The van der Waals surface area contributed by atoms with Crippen LogP contribution in [0.2, 0.25) is 0 Å². The Morgan fingerprint density at radius 1 is 1.18 bits per heavy atom. The maximum absolute atomic E-state index is 14.2. The van der Waals surface area contributed by atoms with Crippen molar-refractivity contribution in [2.75, 3.05) is 11.1 Å². The molecule has 0 atom stereocenters. The van der Waals surface area contributed by atoms with Crippen molar-refractivity contribution in [2.24, 2.45) is 0 Å². The minimum absolute atomic E-state index is 0.104. The summed E-state index contributed by atoms with van der Waals surface area (Å²) in [5.41, 5.74) is 3.43. The van der Waals surface area contributed by atoms with Gasteiger partial charge in [0.25, 0.3) is 0 Å². The van der Waals surface area contributed by atoms with E-state index in [4.69, 9.17) is 0 Å². The normalized spacial score (nSPS) is 13.5. The molecule has 0 saturated heterocycles. The summed E-state index contributed by atoms with van der Waals surface area (Å²) in [7, 11) is 0. The van der Waals surface area contributed by atoms with Gasteiger partial charge in [0.05, 0.1) is 11.3 Å². The van der Waals surface area contributed by atoms with Crippen LogP contribution in [0.1, 0.15) is 30.0 Å². The lowest BCUT2D eigenvalue weighted by Gasteiger charge is -2.10. The van der Waals surface area contributed by atoms with E-state index in [1.54, 1.807) is 18.2 Å². The molecule has 0 radical (unpaired) electrons. The zero-order chi connectivity index (χ0) is 19.7. The molecule has 2 aromatic carbocycles. The standard InChI is InChI=1S/C21H21FN4OS/c1-13-9-14(2)11-15(10-13)23-19(27)12-28-21-25-24-20(26(21)16-7-8-16)17-5-3-4-6-18(17)22/h3-6,9-11,16H,7-8,12H2,1-2H3,(H,23,27). The van der Waals surface area contributed by atoms with E-state index in [0.717, 1.165) is 29.7 Å². The lowest BCUT2D eigenvalue weighted by Crippen LogP contribution is -2.15. The molecule has 1 heterocycles. The van der Waals surface area contributed by atoms with Crippen LogP contribution in [0.4, 0.5) is 10.1 Å². The zero-order valence-electron chi connectivity index (χ0n) is 15.8. The minimum atomic E-state index is -0.319. The monoisotopic (exact) mass is 396 g/mol. The number of anilines is 1. The summed E-state index contributed by atoms with van der Waals surface area (Å²) >= 11 is 1.33. The number of halogens is 1. The molecule has 1 aliphatic rings. The number of thioether (sulfide) groups is 1. The van der Waals surface area contributed by atoms with Gasteiger partial charge in [0.15, 0.2) is 11.0 Å². The average Bonchev–Trinajstić information content (AvgIpc) is 3.39. The number of carbonyl (C=O) groups is 1. The molecule has 1 fully saturated rings. The Bertz CT molecular complexity index is 1010. The van der Waals surface area contributed by atoms with E-state index >= 15 is 0 Å². The van der Waals surface area contributed by atoms with Crippen LogP contribution in [0.3, 0.4) is 0 Å². The molecule has 1 aromatic heterocycles. The van der Waals surface area contributed by atoms with Crippen LogP contribution in [0.5, 0.6) is 0 Å². The van der Waals surface area contributed by atoms with Gasteiger partial charge in [-0.1, -0.05) is 30.0 Å². The zero-order valence-corrected chi connectivity index (χ0v) is 16.6. The molecule has 1 N–H and O–H groups in total. The number of nitrogens with one attached hydrogen (secondary N) is 1. The number of benzene rings is 2. The van der Waals surface area contributed by atoms with Gasteiger partial charge in [-0.15, -0.1) is 10.2 Å². The number of nitrogens with zero attached hydrogens (tertiary/aromatic N) is 3. The summed E-state index contributed by atoms with van der Waals surface area (Å²) in [5.74, 6) is 0.321. The summed E-state index contributed by atoms with van der Waals surface area (Å²) in [5, 5.41) is 12.0. The van der Waals surface area contributed by atoms with Crippen LogP contribution in [0, 0.1) is 19.7 Å². The highest BCUT2D eigenvalue weighted by molar-refractivity contribution is 7.99. The minimum Gasteiger partial charge on any atom is -0.325 e. The van der Waals surface area contributed by atoms with Gasteiger partial charge >= 0.3 is 0 Å². The molecule has 3 aromatic rings. The number of amides is 1. The van der Waals surface area contributed by atoms with Crippen LogP contribution in [-0.2, 0) is 4.79 Å². The first-order valence-corrected chi connectivity index (χ1v) is 10.2. The van der Waals surface area contributed by atoms with Crippen LogP contribution >= 0.6 is 11.8 Å². The Morgan fingerprint density at radius 3 is 2.57 bits per heavy atom. The Kier molecular flexibility index (Phi) is 5.17. The highest BCUT2D eigenvalue weighted by Gasteiger charge is 2.31. The quantitative estimate of drug-likeness (QED) is 0.610. The summed E-state index contributed by atoms with van der Waals surface area (Å²) in [4.78, 5) is 12.4. The number of aromatic nitrogens is 3. The van der Waals surface area contributed by atoms with E-state index in [9.17, 15) is 9.18 Å². The lowest BCUT2D eigenvalue weighted by molar-refractivity contribution is -0.113.